The minimum atomic E-state index is 0.242. The van der Waals surface area contributed by atoms with Gasteiger partial charge in [-0.1, -0.05) is 26.8 Å². The quantitative estimate of drug-likeness (QED) is 0.663. The van der Waals surface area contributed by atoms with Gasteiger partial charge in [0, 0.05) is 10.8 Å². The van der Waals surface area contributed by atoms with Gasteiger partial charge in [-0.3, -0.25) is 0 Å². The Morgan fingerprint density at radius 1 is 1.54 bits per heavy atom. The van der Waals surface area contributed by atoms with E-state index in [0.29, 0.717) is 5.92 Å². The number of thiophene rings is 1. The zero-order chi connectivity index (χ0) is 9.90. The van der Waals surface area contributed by atoms with E-state index < -0.39 is 0 Å². The Bertz CT molecular complexity index is 241. The Hall–Kier alpha value is -0.0100. The molecule has 1 aromatic rings. The molecule has 2 heteroatoms. The lowest BCUT2D eigenvalue weighted by molar-refractivity contribution is 0.255. The van der Waals surface area contributed by atoms with E-state index in [4.69, 9.17) is 11.6 Å². The highest BCUT2D eigenvalue weighted by Crippen LogP contribution is 2.33. The van der Waals surface area contributed by atoms with Gasteiger partial charge in [0.15, 0.2) is 0 Å². The Morgan fingerprint density at radius 3 is 2.62 bits per heavy atom. The molecule has 74 valence electrons. The van der Waals surface area contributed by atoms with Crippen molar-refractivity contribution in [1.82, 2.24) is 0 Å². The van der Waals surface area contributed by atoms with Gasteiger partial charge < -0.3 is 0 Å². The molecule has 0 saturated heterocycles. The first-order chi connectivity index (χ1) is 6.08. The lowest BCUT2D eigenvalue weighted by Crippen LogP contribution is -2.27. The molecule has 1 heterocycles. The Labute approximate surface area is 89.9 Å². The average molecular weight is 217 g/mol. The first kappa shape index (κ1) is 11.1. The lowest BCUT2D eigenvalue weighted by Gasteiger charge is -2.31. The first-order valence-corrected chi connectivity index (χ1v) is 6.08. The van der Waals surface area contributed by atoms with E-state index in [9.17, 15) is 0 Å². The largest absolute Gasteiger partial charge is 0.149 e. The second-order valence-corrected chi connectivity index (χ2v) is 5.50. The molecule has 0 nitrogen and oxygen atoms in total. The van der Waals surface area contributed by atoms with Crippen LogP contribution < -0.4 is 0 Å². The second-order valence-electron chi connectivity index (χ2n) is 4.20. The van der Waals surface area contributed by atoms with E-state index in [1.807, 2.05) is 11.3 Å². The third kappa shape index (κ3) is 2.72. The molecule has 1 unspecified atom stereocenters. The van der Waals surface area contributed by atoms with Gasteiger partial charge in [0.25, 0.3) is 0 Å². The van der Waals surface area contributed by atoms with Gasteiger partial charge in [0.05, 0.1) is 0 Å². The molecule has 1 rings (SSSR count). The normalized spacial score (nSPS) is 16.1. The van der Waals surface area contributed by atoms with Crippen molar-refractivity contribution in [2.45, 2.75) is 27.2 Å². The fourth-order valence-corrected chi connectivity index (χ4v) is 2.52. The molecule has 0 spiro atoms. The van der Waals surface area contributed by atoms with Crippen LogP contribution in [0.3, 0.4) is 0 Å². The highest BCUT2D eigenvalue weighted by molar-refractivity contribution is 7.09. The molecule has 0 saturated carbocycles. The molecule has 0 amide bonds. The van der Waals surface area contributed by atoms with Gasteiger partial charge in [0.2, 0.25) is 0 Å². The topological polar surface area (TPSA) is 0 Å². The van der Waals surface area contributed by atoms with E-state index in [1.54, 1.807) is 0 Å². The predicted molar refractivity (Wildman–Crippen MR) is 61.7 cm³/mol. The number of hydrogen-bond acceptors (Lipinski definition) is 1. The maximum atomic E-state index is 6.03. The maximum Gasteiger partial charge on any atom is 0.0283 e. The standard InChI is InChI=1S/C11H17ClS/c1-9(2)11(3,8-12)7-10-5-4-6-13-10/h4-6,9H,7-8H2,1-3H3. The molecule has 0 radical (unpaired) electrons. The van der Waals surface area contributed by atoms with Gasteiger partial charge >= 0.3 is 0 Å². The van der Waals surface area contributed by atoms with Crippen LogP contribution in [0.2, 0.25) is 0 Å². The summed E-state index contributed by atoms with van der Waals surface area (Å²) in [7, 11) is 0. The van der Waals surface area contributed by atoms with Gasteiger partial charge in [-0.25, -0.2) is 0 Å². The van der Waals surface area contributed by atoms with Crippen LogP contribution in [0.25, 0.3) is 0 Å². The summed E-state index contributed by atoms with van der Waals surface area (Å²) in [6, 6.07) is 4.30. The number of halogens is 1. The summed E-state index contributed by atoms with van der Waals surface area (Å²) >= 11 is 7.85. The van der Waals surface area contributed by atoms with Gasteiger partial charge in [0.1, 0.15) is 0 Å². The Morgan fingerprint density at radius 2 is 2.23 bits per heavy atom. The molecule has 0 aliphatic heterocycles. The SMILES string of the molecule is CC(C)C(C)(CCl)Cc1cccs1. The van der Waals surface area contributed by atoms with Crippen molar-refractivity contribution in [2.24, 2.45) is 11.3 Å². The van der Waals surface area contributed by atoms with Crippen molar-refractivity contribution in [3.05, 3.63) is 22.4 Å². The number of rotatable bonds is 4. The van der Waals surface area contributed by atoms with Crippen LogP contribution in [0, 0.1) is 11.3 Å². The van der Waals surface area contributed by atoms with Crippen LogP contribution in [0.4, 0.5) is 0 Å². The van der Waals surface area contributed by atoms with Crippen molar-refractivity contribution >= 4 is 22.9 Å². The van der Waals surface area contributed by atoms with Crippen LogP contribution in [0.1, 0.15) is 25.6 Å². The smallest absolute Gasteiger partial charge is 0.0283 e. The molecule has 1 atom stereocenters. The molecule has 0 aliphatic rings. The lowest BCUT2D eigenvalue weighted by atomic mass is 9.78. The highest BCUT2D eigenvalue weighted by atomic mass is 35.5. The van der Waals surface area contributed by atoms with Crippen LogP contribution >= 0.6 is 22.9 Å². The molecule has 0 bridgehead atoms. The summed E-state index contributed by atoms with van der Waals surface area (Å²) in [6.45, 7) is 6.76. The van der Waals surface area contributed by atoms with Gasteiger partial charge in [-0.15, -0.1) is 22.9 Å². The molecule has 0 N–H and O–H groups in total. The van der Waals surface area contributed by atoms with Crippen molar-refractivity contribution in [3.8, 4) is 0 Å². The zero-order valence-corrected chi connectivity index (χ0v) is 10.1. The summed E-state index contributed by atoms with van der Waals surface area (Å²) in [6.07, 6.45) is 1.10. The zero-order valence-electron chi connectivity index (χ0n) is 8.51. The molecule has 1 aromatic heterocycles. The van der Waals surface area contributed by atoms with Crippen LogP contribution in [-0.2, 0) is 6.42 Å². The Balaban J connectivity index is 2.69. The predicted octanol–water partition coefficient (Wildman–Crippen LogP) is 4.19. The van der Waals surface area contributed by atoms with Crippen molar-refractivity contribution in [3.63, 3.8) is 0 Å². The van der Waals surface area contributed by atoms with Crippen LogP contribution in [0.5, 0.6) is 0 Å². The van der Waals surface area contributed by atoms with Crippen molar-refractivity contribution in [2.75, 3.05) is 5.88 Å². The summed E-state index contributed by atoms with van der Waals surface area (Å²) < 4.78 is 0. The monoisotopic (exact) mass is 216 g/mol. The number of hydrogen-bond donors (Lipinski definition) is 0. The summed E-state index contributed by atoms with van der Waals surface area (Å²) in [5.41, 5.74) is 0.242. The highest BCUT2D eigenvalue weighted by Gasteiger charge is 2.27. The van der Waals surface area contributed by atoms with E-state index >= 15 is 0 Å². The molecule has 13 heavy (non-hydrogen) atoms. The Kier molecular flexibility index (Phi) is 3.81. The molecule has 0 aliphatic carbocycles. The summed E-state index contributed by atoms with van der Waals surface area (Å²) in [5.74, 6) is 1.37. The van der Waals surface area contributed by atoms with E-state index in [0.717, 1.165) is 12.3 Å². The summed E-state index contributed by atoms with van der Waals surface area (Å²) in [4.78, 5) is 1.44. The third-order valence-electron chi connectivity index (χ3n) is 2.86. The first-order valence-electron chi connectivity index (χ1n) is 4.67. The van der Waals surface area contributed by atoms with Gasteiger partial charge in [-0.2, -0.15) is 0 Å². The maximum absolute atomic E-state index is 6.03. The molecular weight excluding hydrogens is 200 g/mol. The fourth-order valence-electron chi connectivity index (χ4n) is 1.22. The molecule has 0 aromatic carbocycles. The van der Waals surface area contributed by atoms with E-state index in [-0.39, 0.29) is 5.41 Å². The van der Waals surface area contributed by atoms with E-state index in [1.165, 1.54) is 4.88 Å². The average Bonchev–Trinajstić information content (AvgIpc) is 2.56. The second kappa shape index (κ2) is 4.47. The minimum Gasteiger partial charge on any atom is -0.149 e. The van der Waals surface area contributed by atoms with Gasteiger partial charge in [-0.05, 0) is 29.2 Å². The van der Waals surface area contributed by atoms with E-state index in [2.05, 4.69) is 38.3 Å². The summed E-state index contributed by atoms with van der Waals surface area (Å²) in [5, 5.41) is 2.13. The van der Waals surface area contributed by atoms with Crippen molar-refractivity contribution in [1.29, 1.82) is 0 Å². The third-order valence-corrected chi connectivity index (χ3v) is 4.34. The number of alkyl halides is 1. The molecule has 0 fully saturated rings. The molecular formula is C11H17ClS. The van der Waals surface area contributed by atoms with Crippen LogP contribution in [0.15, 0.2) is 17.5 Å². The van der Waals surface area contributed by atoms with Crippen LogP contribution in [-0.4, -0.2) is 5.88 Å². The fraction of sp³-hybridized carbons (Fsp3) is 0.636. The minimum absolute atomic E-state index is 0.242. The van der Waals surface area contributed by atoms with Crippen molar-refractivity contribution < 1.29 is 0 Å².